The number of carbonyl (C=O) groups is 2. The van der Waals surface area contributed by atoms with E-state index in [2.05, 4.69) is 5.32 Å². The van der Waals surface area contributed by atoms with Crippen molar-refractivity contribution in [1.29, 1.82) is 0 Å². The quantitative estimate of drug-likeness (QED) is 0.649. The summed E-state index contributed by atoms with van der Waals surface area (Å²) in [7, 11) is 2.90. The Morgan fingerprint density at radius 2 is 1.90 bits per heavy atom. The summed E-state index contributed by atoms with van der Waals surface area (Å²) >= 11 is 0. The molecular formula is C22H20F2N2O4. The van der Waals surface area contributed by atoms with Crippen LogP contribution in [0.1, 0.15) is 31.8 Å². The van der Waals surface area contributed by atoms with Crippen LogP contribution in [0, 0.1) is 18.6 Å². The van der Waals surface area contributed by atoms with Gasteiger partial charge in [0.2, 0.25) is 0 Å². The third-order valence-electron chi connectivity index (χ3n) is 4.54. The third-order valence-corrected chi connectivity index (χ3v) is 4.54. The van der Waals surface area contributed by atoms with Crippen LogP contribution in [0.4, 0.5) is 14.5 Å². The summed E-state index contributed by atoms with van der Waals surface area (Å²) < 4.78 is 38.8. The lowest BCUT2D eigenvalue weighted by molar-refractivity contribution is 0.0779. The molecule has 8 heteroatoms. The monoisotopic (exact) mass is 414 g/mol. The minimum Gasteiger partial charge on any atom is -0.496 e. The topological polar surface area (TPSA) is 71.8 Å². The summed E-state index contributed by atoms with van der Waals surface area (Å²) in [6.45, 7) is 1.94. The fraction of sp³-hybridized carbons (Fsp3) is 0.182. The minimum absolute atomic E-state index is 0.175. The van der Waals surface area contributed by atoms with E-state index in [1.54, 1.807) is 25.1 Å². The number of para-hydroxylation sites is 1. The highest BCUT2D eigenvalue weighted by Gasteiger charge is 2.22. The first-order valence-electron chi connectivity index (χ1n) is 9.02. The van der Waals surface area contributed by atoms with Gasteiger partial charge < -0.3 is 19.4 Å². The second-order valence-electron chi connectivity index (χ2n) is 6.71. The SMILES string of the molecule is COc1c(C)cccc1C(=O)Nc1cc(C(=O)N(C)Cc2ccoc2)c(F)cc1F. The molecule has 0 unspecified atom stereocenters. The smallest absolute Gasteiger partial charge is 0.259 e. The molecule has 0 saturated carbocycles. The maximum absolute atomic E-state index is 14.3. The molecule has 0 saturated heterocycles. The summed E-state index contributed by atoms with van der Waals surface area (Å²) in [5.74, 6) is -3.00. The van der Waals surface area contributed by atoms with E-state index in [-0.39, 0.29) is 23.4 Å². The average Bonchev–Trinajstić information content (AvgIpc) is 3.22. The van der Waals surface area contributed by atoms with E-state index in [0.29, 0.717) is 17.4 Å². The van der Waals surface area contributed by atoms with Crippen LogP contribution < -0.4 is 10.1 Å². The molecule has 0 fully saturated rings. The van der Waals surface area contributed by atoms with Gasteiger partial charge in [-0.1, -0.05) is 12.1 Å². The number of furan rings is 1. The summed E-state index contributed by atoms with van der Waals surface area (Å²) in [4.78, 5) is 26.6. The fourth-order valence-electron chi connectivity index (χ4n) is 3.03. The Morgan fingerprint density at radius 1 is 1.13 bits per heavy atom. The molecule has 2 aromatic carbocycles. The number of aryl methyl sites for hydroxylation is 1. The molecule has 1 heterocycles. The first-order valence-corrected chi connectivity index (χ1v) is 9.02. The van der Waals surface area contributed by atoms with E-state index in [4.69, 9.17) is 9.15 Å². The number of hydrogen-bond donors (Lipinski definition) is 1. The zero-order valence-corrected chi connectivity index (χ0v) is 16.7. The first-order chi connectivity index (χ1) is 14.3. The summed E-state index contributed by atoms with van der Waals surface area (Å²) in [5, 5.41) is 2.39. The Balaban J connectivity index is 1.87. The standard InChI is InChI=1S/C22H20F2N2O4/c1-13-5-4-6-15(20(13)29-3)21(27)25-19-9-16(17(23)10-18(19)24)22(28)26(2)11-14-7-8-30-12-14/h4-10,12H,11H2,1-3H3,(H,25,27). The molecular weight excluding hydrogens is 394 g/mol. The Hall–Kier alpha value is -3.68. The lowest BCUT2D eigenvalue weighted by Gasteiger charge is -2.18. The molecule has 0 aliphatic rings. The summed E-state index contributed by atoms with van der Waals surface area (Å²) in [6, 6.07) is 8.17. The number of ether oxygens (including phenoxy) is 1. The van der Waals surface area contributed by atoms with E-state index in [9.17, 15) is 18.4 Å². The second kappa shape index (κ2) is 8.77. The van der Waals surface area contributed by atoms with Crippen LogP contribution in [0.15, 0.2) is 53.3 Å². The maximum Gasteiger partial charge on any atom is 0.259 e. The largest absolute Gasteiger partial charge is 0.496 e. The van der Waals surface area contributed by atoms with Gasteiger partial charge in [0, 0.05) is 25.2 Å². The number of rotatable bonds is 6. The van der Waals surface area contributed by atoms with Crippen molar-refractivity contribution in [2.24, 2.45) is 0 Å². The predicted molar refractivity (Wildman–Crippen MR) is 107 cm³/mol. The van der Waals surface area contributed by atoms with Crippen molar-refractivity contribution in [2.45, 2.75) is 13.5 Å². The van der Waals surface area contributed by atoms with E-state index in [1.807, 2.05) is 0 Å². The van der Waals surface area contributed by atoms with Crippen molar-refractivity contribution in [3.05, 3.63) is 82.8 Å². The van der Waals surface area contributed by atoms with E-state index in [1.165, 1.54) is 37.7 Å². The van der Waals surface area contributed by atoms with Gasteiger partial charge in [-0.2, -0.15) is 0 Å². The highest BCUT2D eigenvalue weighted by Crippen LogP contribution is 2.26. The Bertz CT molecular complexity index is 1080. The number of nitrogens with zero attached hydrogens (tertiary/aromatic N) is 1. The molecule has 0 spiro atoms. The zero-order valence-electron chi connectivity index (χ0n) is 16.7. The highest BCUT2D eigenvalue weighted by atomic mass is 19.1. The van der Waals surface area contributed by atoms with Gasteiger partial charge in [0.1, 0.15) is 17.4 Å². The number of hydrogen-bond acceptors (Lipinski definition) is 4. The van der Waals surface area contributed by atoms with Crippen LogP contribution in [-0.4, -0.2) is 30.9 Å². The molecule has 0 radical (unpaired) electrons. The molecule has 2 amide bonds. The van der Waals surface area contributed by atoms with Crippen molar-refractivity contribution < 1.29 is 27.5 Å². The van der Waals surface area contributed by atoms with Crippen LogP contribution >= 0.6 is 0 Å². The minimum atomic E-state index is -1.03. The molecule has 156 valence electrons. The molecule has 1 aromatic heterocycles. The van der Waals surface area contributed by atoms with Crippen molar-refractivity contribution in [2.75, 3.05) is 19.5 Å². The molecule has 3 rings (SSSR count). The number of carbonyl (C=O) groups excluding carboxylic acids is 2. The molecule has 0 bridgehead atoms. The zero-order chi connectivity index (χ0) is 21.8. The lowest BCUT2D eigenvalue weighted by atomic mass is 10.1. The van der Waals surface area contributed by atoms with Crippen LogP contribution in [0.3, 0.4) is 0 Å². The molecule has 1 N–H and O–H groups in total. The number of amides is 2. The number of methoxy groups -OCH3 is 1. The molecule has 0 atom stereocenters. The molecule has 6 nitrogen and oxygen atoms in total. The van der Waals surface area contributed by atoms with Gasteiger partial charge >= 0.3 is 0 Å². The van der Waals surface area contributed by atoms with Gasteiger partial charge in [0.15, 0.2) is 0 Å². The summed E-state index contributed by atoms with van der Waals surface area (Å²) in [6.07, 6.45) is 2.92. The van der Waals surface area contributed by atoms with Gasteiger partial charge in [-0.15, -0.1) is 0 Å². The maximum atomic E-state index is 14.3. The van der Waals surface area contributed by atoms with Gasteiger partial charge in [0.05, 0.1) is 36.5 Å². The fourth-order valence-corrected chi connectivity index (χ4v) is 3.03. The van der Waals surface area contributed by atoms with E-state index in [0.717, 1.165) is 11.6 Å². The molecule has 30 heavy (non-hydrogen) atoms. The van der Waals surface area contributed by atoms with Gasteiger partial charge in [0.25, 0.3) is 11.8 Å². The average molecular weight is 414 g/mol. The van der Waals surface area contributed by atoms with Crippen LogP contribution in [0.2, 0.25) is 0 Å². The molecule has 3 aromatic rings. The normalized spacial score (nSPS) is 10.6. The number of nitrogens with one attached hydrogen (secondary N) is 1. The van der Waals surface area contributed by atoms with Crippen molar-refractivity contribution >= 4 is 17.5 Å². The Labute approximate surface area is 172 Å². The van der Waals surface area contributed by atoms with Gasteiger partial charge in [-0.25, -0.2) is 8.78 Å². The number of halogens is 2. The van der Waals surface area contributed by atoms with Crippen molar-refractivity contribution in [1.82, 2.24) is 4.90 Å². The lowest BCUT2D eigenvalue weighted by Crippen LogP contribution is -2.27. The van der Waals surface area contributed by atoms with Gasteiger partial charge in [-0.3, -0.25) is 9.59 Å². The number of anilines is 1. The van der Waals surface area contributed by atoms with E-state index >= 15 is 0 Å². The van der Waals surface area contributed by atoms with Crippen LogP contribution in [0.5, 0.6) is 5.75 Å². The molecule has 0 aliphatic heterocycles. The van der Waals surface area contributed by atoms with Crippen LogP contribution in [-0.2, 0) is 6.54 Å². The first kappa shape index (κ1) is 21.0. The number of benzene rings is 2. The molecule has 0 aliphatic carbocycles. The third kappa shape index (κ3) is 4.32. The van der Waals surface area contributed by atoms with Crippen LogP contribution in [0.25, 0.3) is 0 Å². The highest BCUT2D eigenvalue weighted by molar-refractivity contribution is 6.07. The van der Waals surface area contributed by atoms with E-state index < -0.39 is 23.4 Å². The Morgan fingerprint density at radius 3 is 2.57 bits per heavy atom. The predicted octanol–water partition coefficient (Wildman–Crippen LogP) is 4.40. The van der Waals surface area contributed by atoms with Gasteiger partial charge in [-0.05, 0) is 30.7 Å². The van der Waals surface area contributed by atoms with Crippen molar-refractivity contribution in [3.63, 3.8) is 0 Å². The second-order valence-corrected chi connectivity index (χ2v) is 6.71. The summed E-state index contributed by atoms with van der Waals surface area (Å²) in [5.41, 5.74) is 0.944. The Kier molecular flexibility index (Phi) is 6.15. The van der Waals surface area contributed by atoms with Crippen molar-refractivity contribution in [3.8, 4) is 5.75 Å².